The highest BCUT2D eigenvalue weighted by molar-refractivity contribution is 5.39. The smallest absolute Gasteiger partial charge is 0.293 e. The second kappa shape index (κ2) is 4.78. The van der Waals surface area contributed by atoms with E-state index in [2.05, 4.69) is 12.2 Å². The highest BCUT2D eigenvalue weighted by Gasteiger charge is 2.23. The molecule has 0 amide bonds. The van der Waals surface area contributed by atoms with E-state index in [-0.39, 0.29) is 6.10 Å². The zero-order valence-corrected chi connectivity index (χ0v) is 8.50. The quantitative estimate of drug-likeness (QED) is 0.554. The minimum absolute atomic E-state index is 0.123. The molecule has 2 rings (SSSR count). The summed E-state index contributed by atoms with van der Waals surface area (Å²) in [6, 6.07) is 9.90. The maximum Gasteiger partial charge on any atom is 0.293 e. The fourth-order valence-corrected chi connectivity index (χ4v) is 2.04. The molecule has 0 saturated heterocycles. The minimum atomic E-state index is -0.123. The summed E-state index contributed by atoms with van der Waals surface area (Å²) in [5.74, 6) is 0.331. The van der Waals surface area contributed by atoms with Gasteiger partial charge in [0.1, 0.15) is 6.10 Å². The number of rotatable bonds is 4. The average Bonchev–Trinajstić information content (AvgIpc) is 2.80. The largest absolute Gasteiger partial charge is 0.459 e. The van der Waals surface area contributed by atoms with Crippen molar-refractivity contribution >= 4 is 6.47 Å². The molecule has 0 aromatic heterocycles. The second-order valence-electron chi connectivity index (χ2n) is 3.73. The zero-order chi connectivity index (χ0) is 10.5. The maximum atomic E-state index is 10.5. The first kappa shape index (κ1) is 9.97. The lowest BCUT2D eigenvalue weighted by atomic mass is 9.95. The van der Waals surface area contributed by atoms with Gasteiger partial charge in [-0.15, -0.1) is 0 Å². The molecule has 2 heteroatoms. The van der Waals surface area contributed by atoms with Gasteiger partial charge in [0.15, 0.2) is 0 Å². The molecule has 15 heavy (non-hydrogen) atoms. The molecule has 2 atom stereocenters. The van der Waals surface area contributed by atoms with Crippen molar-refractivity contribution in [2.24, 2.45) is 5.92 Å². The first-order chi connectivity index (χ1) is 7.42. The van der Waals surface area contributed by atoms with Gasteiger partial charge in [-0.05, 0) is 18.4 Å². The number of hydrogen-bond acceptors (Lipinski definition) is 2. The van der Waals surface area contributed by atoms with Crippen LogP contribution in [0, 0.1) is 5.92 Å². The molecule has 1 aliphatic rings. The zero-order valence-electron chi connectivity index (χ0n) is 8.50. The Balaban J connectivity index is 2.19. The van der Waals surface area contributed by atoms with Crippen molar-refractivity contribution in [2.45, 2.75) is 18.9 Å². The Bertz CT molecular complexity index is 343. The highest BCUT2D eigenvalue weighted by atomic mass is 16.5. The lowest BCUT2D eigenvalue weighted by Gasteiger charge is -2.20. The van der Waals surface area contributed by atoms with Crippen LogP contribution in [-0.4, -0.2) is 6.47 Å². The molecule has 0 spiro atoms. The third-order valence-electron chi connectivity index (χ3n) is 2.77. The van der Waals surface area contributed by atoms with Crippen LogP contribution in [0.2, 0.25) is 0 Å². The van der Waals surface area contributed by atoms with E-state index in [0.29, 0.717) is 12.4 Å². The fourth-order valence-electron chi connectivity index (χ4n) is 2.04. The number of ether oxygens (including phenoxy) is 1. The van der Waals surface area contributed by atoms with E-state index in [9.17, 15) is 4.79 Å². The molecule has 0 bridgehead atoms. The standard InChI is InChI=1S/C13H14O2/c14-10-15-13(12-8-4-5-9-12)11-6-2-1-3-7-11/h1-4,6-8,10,12-13H,5,9H2. The monoisotopic (exact) mass is 202 g/mol. The average molecular weight is 202 g/mol. The number of carbonyl (C=O) groups is 1. The second-order valence-corrected chi connectivity index (χ2v) is 3.73. The van der Waals surface area contributed by atoms with Crippen LogP contribution in [0.1, 0.15) is 24.5 Å². The summed E-state index contributed by atoms with van der Waals surface area (Å²) in [5.41, 5.74) is 1.07. The highest BCUT2D eigenvalue weighted by Crippen LogP contribution is 2.33. The van der Waals surface area contributed by atoms with Gasteiger partial charge in [0.05, 0.1) is 0 Å². The third kappa shape index (κ3) is 2.27. The van der Waals surface area contributed by atoms with Gasteiger partial charge in [-0.1, -0.05) is 42.5 Å². The van der Waals surface area contributed by atoms with Gasteiger partial charge in [-0.2, -0.15) is 0 Å². The van der Waals surface area contributed by atoms with Gasteiger partial charge < -0.3 is 4.74 Å². The molecule has 0 heterocycles. The molecule has 2 nitrogen and oxygen atoms in total. The predicted molar refractivity (Wildman–Crippen MR) is 58.2 cm³/mol. The van der Waals surface area contributed by atoms with Gasteiger partial charge >= 0.3 is 0 Å². The van der Waals surface area contributed by atoms with E-state index < -0.39 is 0 Å². The lowest BCUT2D eigenvalue weighted by Crippen LogP contribution is -2.12. The van der Waals surface area contributed by atoms with E-state index in [1.165, 1.54) is 0 Å². The van der Waals surface area contributed by atoms with E-state index in [1.54, 1.807) is 0 Å². The van der Waals surface area contributed by atoms with Crippen molar-refractivity contribution < 1.29 is 9.53 Å². The third-order valence-corrected chi connectivity index (χ3v) is 2.77. The van der Waals surface area contributed by atoms with Gasteiger partial charge in [0.25, 0.3) is 6.47 Å². The molecular weight excluding hydrogens is 188 g/mol. The molecule has 0 saturated carbocycles. The van der Waals surface area contributed by atoms with Crippen LogP contribution >= 0.6 is 0 Å². The Morgan fingerprint density at radius 1 is 1.33 bits per heavy atom. The summed E-state index contributed by atoms with van der Waals surface area (Å²) in [4.78, 5) is 10.5. The Morgan fingerprint density at radius 3 is 2.73 bits per heavy atom. The van der Waals surface area contributed by atoms with Gasteiger partial charge in [0, 0.05) is 5.92 Å². The van der Waals surface area contributed by atoms with Crippen molar-refractivity contribution in [3.8, 4) is 0 Å². The van der Waals surface area contributed by atoms with E-state index in [4.69, 9.17) is 4.74 Å². The SMILES string of the molecule is O=COC(c1ccccc1)C1C=CCC1. The molecule has 0 fully saturated rings. The molecule has 2 unspecified atom stereocenters. The van der Waals surface area contributed by atoms with Crippen LogP contribution in [0.15, 0.2) is 42.5 Å². The number of hydrogen-bond donors (Lipinski definition) is 0. The van der Waals surface area contributed by atoms with E-state index >= 15 is 0 Å². The summed E-state index contributed by atoms with van der Waals surface area (Å²) < 4.78 is 5.18. The molecule has 0 radical (unpaired) electrons. The number of benzene rings is 1. The fraction of sp³-hybridized carbons (Fsp3) is 0.308. The Morgan fingerprint density at radius 2 is 2.13 bits per heavy atom. The first-order valence-corrected chi connectivity index (χ1v) is 5.22. The van der Waals surface area contributed by atoms with Crippen molar-refractivity contribution in [3.63, 3.8) is 0 Å². The van der Waals surface area contributed by atoms with Crippen LogP contribution in [0.5, 0.6) is 0 Å². The molecule has 0 aliphatic heterocycles. The summed E-state index contributed by atoms with van der Waals surface area (Å²) in [6.45, 7) is 0.545. The van der Waals surface area contributed by atoms with Crippen molar-refractivity contribution in [2.75, 3.05) is 0 Å². The maximum absolute atomic E-state index is 10.5. The molecule has 1 aromatic carbocycles. The lowest BCUT2D eigenvalue weighted by molar-refractivity contribution is -0.135. The topological polar surface area (TPSA) is 26.3 Å². The summed E-state index contributed by atoms with van der Waals surface area (Å²) in [5, 5.41) is 0. The van der Waals surface area contributed by atoms with Crippen LogP contribution in [-0.2, 0) is 9.53 Å². The van der Waals surface area contributed by atoms with E-state index in [0.717, 1.165) is 18.4 Å². The molecule has 1 aliphatic carbocycles. The van der Waals surface area contributed by atoms with Crippen LogP contribution < -0.4 is 0 Å². The summed E-state index contributed by atoms with van der Waals surface area (Å²) in [6.07, 6.45) is 6.31. The predicted octanol–water partition coefficient (Wildman–Crippen LogP) is 2.87. The number of carbonyl (C=O) groups excluding carboxylic acids is 1. The van der Waals surface area contributed by atoms with Crippen molar-refractivity contribution in [1.82, 2.24) is 0 Å². The van der Waals surface area contributed by atoms with Gasteiger partial charge in [-0.25, -0.2) is 0 Å². The van der Waals surface area contributed by atoms with Crippen LogP contribution in [0.4, 0.5) is 0 Å². The Kier molecular flexibility index (Phi) is 3.18. The molecule has 1 aromatic rings. The van der Waals surface area contributed by atoms with Crippen molar-refractivity contribution in [1.29, 1.82) is 0 Å². The Hall–Kier alpha value is -1.57. The normalized spacial score (nSPS) is 21.2. The van der Waals surface area contributed by atoms with Crippen LogP contribution in [0.3, 0.4) is 0 Å². The minimum Gasteiger partial charge on any atom is -0.459 e. The number of allylic oxidation sites excluding steroid dienone is 1. The van der Waals surface area contributed by atoms with Crippen LogP contribution in [0.25, 0.3) is 0 Å². The molecular formula is C13H14O2. The van der Waals surface area contributed by atoms with Gasteiger partial charge in [0.2, 0.25) is 0 Å². The summed E-state index contributed by atoms with van der Waals surface area (Å²) in [7, 11) is 0. The summed E-state index contributed by atoms with van der Waals surface area (Å²) >= 11 is 0. The van der Waals surface area contributed by atoms with Crippen molar-refractivity contribution in [3.05, 3.63) is 48.0 Å². The molecule has 0 N–H and O–H groups in total. The molecule has 78 valence electrons. The van der Waals surface area contributed by atoms with Gasteiger partial charge in [-0.3, -0.25) is 4.79 Å². The first-order valence-electron chi connectivity index (χ1n) is 5.22. The Labute approximate surface area is 89.6 Å². The van der Waals surface area contributed by atoms with E-state index in [1.807, 2.05) is 30.3 Å².